The summed E-state index contributed by atoms with van der Waals surface area (Å²) in [5.41, 5.74) is 0.830. The molecule has 3 rings (SSSR count). The Balaban J connectivity index is 1.77. The number of halogens is 3. The summed E-state index contributed by atoms with van der Waals surface area (Å²) in [5.74, 6) is -0.374. The molecule has 0 radical (unpaired) electrons. The number of carbonyl (C=O) groups is 1. The highest BCUT2D eigenvalue weighted by atomic mass is 19.4. The maximum atomic E-state index is 13.7. The number of carbonyl (C=O) groups excluding carboxylic acids is 1. The Morgan fingerprint density at radius 1 is 1.34 bits per heavy atom. The van der Waals surface area contributed by atoms with Crippen molar-refractivity contribution in [2.24, 2.45) is 0 Å². The minimum absolute atomic E-state index is 0.0864. The third kappa shape index (κ3) is 5.09. The fraction of sp³-hybridized carbons (Fsp3) is 0.500. The molecule has 9 heteroatoms. The number of amides is 1. The first kappa shape index (κ1) is 21.2. The van der Waals surface area contributed by atoms with Crippen LogP contribution < -0.4 is 10.6 Å². The number of hydrogen-bond donors (Lipinski definition) is 2. The standard InChI is InChI=1S/C20H25F3N4O2/c1-13(2)29-10-6-9-24-19(28)15-12-25-27-17(20(21,22)23)11-16(26-18(15)27)14-7-4-3-5-8-14/h3-5,7-8,12-13,16-17,26H,6,9-11H2,1-2H3,(H,24,28). The zero-order valence-electron chi connectivity index (χ0n) is 16.4. The number of aromatic nitrogens is 2. The van der Waals surface area contributed by atoms with E-state index in [-0.39, 0.29) is 23.9 Å². The molecular formula is C20H25F3N4O2. The highest BCUT2D eigenvalue weighted by molar-refractivity contribution is 5.98. The van der Waals surface area contributed by atoms with E-state index in [1.807, 2.05) is 13.8 Å². The molecular weight excluding hydrogens is 385 g/mol. The number of anilines is 1. The monoisotopic (exact) mass is 410 g/mol. The van der Waals surface area contributed by atoms with Gasteiger partial charge in [0.25, 0.3) is 5.91 Å². The molecule has 2 N–H and O–H groups in total. The summed E-state index contributed by atoms with van der Waals surface area (Å²) in [4.78, 5) is 12.5. The minimum atomic E-state index is -4.47. The van der Waals surface area contributed by atoms with E-state index in [1.54, 1.807) is 30.3 Å². The number of nitrogens with zero attached hydrogens (tertiary/aromatic N) is 2. The second kappa shape index (κ2) is 8.86. The summed E-state index contributed by atoms with van der Waals surface area (Å²) in [7, 11) is 0. The molecule has 2 unspecified atom stereocenters. The van der Waals surface area contributed by atoms with Crippen molar-refractivity contribution in [1.29, 1.82) is 0 Å². The predicted molar refractivity (Wildman–Crippen MR) is 103 cm³/mol. The van der Waals surface area contributed by atoms with E-state index >= 15 is 0 Å². The van der Waals surface area contributed by atoms with Crippen molar-refractivity contribution in [1.82, 2.24) is 15.1 Å². The van der Waals surface area contributed by atoms with Crippen LogP contribution in [0.3, 0.4) is 0 Å². The van der Waals surface area contributed by atoms with Gasteiger partial charge in [-0.2, -0.15) is 18.3 Å². The Morgan fingerprint density at radius 3 is 2.72 bits per heavy atom. The van der Waals surface area contributed by atoms with Gasteiger partial charge >= 0.3 is 6.18 Å². The molecule has 2 aromatic rings. The molecule has 0 fully saturated rings. The molecule has 2 heterocycles. The molecule has 1 aliphatic rings. The predicted octanol–water partition coefficient (Wildman–Crippen LogP) is 4.09. The van der Waals surface area contributed by atoms with E-state index in [9.17, 15) is 18.0 Å². The lowest BCUT2D eigenvalue weighted by molar-refractivity contribution is -0.173. The zero-order valence-corrected chi connectivity index (χ0v) is 16.4. The first-order chi connectivity index (χ1) is 13.8. The number of hydrogen-bond acceptors (Lipinski definition) is 4. The second-order valence-electron chi connectivity index (χ2n) is 7.28. The van der Waals surface area contributed by atoms with Crippen LogP contribution in [0, 0.1) is 0 Å². The van der Waals surface area contributed by atoms with E-state index in [1.165, 1.54) is 6.20 Å². The molecule has 2 atom stereocenters. The molecule has 1 aliphatic heterocycles. The highest BCUT2D eigenvalue weighted by Gasteiger charge is 2.47. The smallest absolute Gasteiger partial charge is 0.379 e. The topological polar surface area (TPSA) is 68.2 Å². The van der Waals surface area contributed by atoms with Gasteiger partial charge in [-0.05, 0) is 25.8 Å². The van der Waals surface area contributed by atoms with Crippen molar-refractivity contribution < 1.29 is 22.7 Å². The summed E-state index contributed by atoms with van der Waals surface area (Å²) in [6.07, 6.45) is -2.77. The number of benzene rings is 1. The maximum absolute atomic E-state index is 13.7. The van der Waals surface area contributed by atoms with Crippen molar-refractivity contribution in [3.8, 4) is 0 Å². The fourth-order valence-corrected chi connectivity index (χ4v) is 3.32. The van der Waals surface area contributed by atoms with Crippen molar-refractivity contribution in [2.75, 3.05) is 18.5 Å². The molecule has 0 aliphatic carbocycles. The van der Waals surface area contributed by atoms with Crippen molar-refractivity contribution >= 4 is 11.7 Å². The van der Waals surface area contributed by atoms with Crippen LogP contribution >= 0.6 is 0 Å². The Morgan fingerprint density at radius 2 is 2.07 bits per heavy atom. The van der Waals surface area contributed by atoms with Gasteiger partial charge in [0, 0.05) is 19.6 Å². The Hall–Kier alpha value is -2.55. The van der Waals surface area contributed by atoms with Crippen LogP contribution in [-0.4, -0.2) is 41.1 Å². The van der Waals surface area contributed by atoms with Crippen molar-refractivity contribution in [3.63, 3.8) is 0 Å². The molecule has 1 amide bonds. The van der Waals surface area contributed by atoms with Gasteiger partial charge in [0.15, 0.2) is 6.04 Å². The Kier molecular flexibility index (Phi) is 6.46. The van der Waals surface area contributed by atoms with E-state index < -0.39 is 24.2 Å². The van der Waals surface area contributed by atoms with Crippen LogP contribution in [0.5, 0.6) is 0 Å². The molecule has 1 aromatic heterocycles. The van der Waals surface area contributed by atoms with E-state index in [2.05, 4.69) is 15.7 Å². The van der Waals surface area contributed by atoms with Gasteiger partial charge in [0.2, 0.25) is 0 Å². The number of rotatable bonds is 7. The first-order valence-electron chi connectivity index (χ1n) is 9.63. The molecule has 0 saturated heterocycles. The molecule has 29 heavy (non-hydrogen) atoms. The lowest BCUT2D eigenvalue weighted by Gasteiger charge is -2.34. The molecule has 158 valence electrons. The molecule has 0 bridgehead atoms. The van der Waals surface area contributed by atoms with Gasteiger partial charge in [-0.25, -0.2) is 4.68 Å². The molecule has 0 spiro atoms. The number of fused-ring (bicyclic) bond motifs is 1. The van der Waals surface area contributed by atoms with Crippen LogP contribution in [0.25, 0.3) is 0 Å². The lowest BCUT2D eigenvalue weighted by atomic mass is 9.96. The van der Waals surface area contributed by atoms with Crippen LogP contribution in [-0.2, 0) is 4.74 Å². The van der Waals surface area contributed by atoms with Gasteiger partial charge in [0.05, 0.1) is 18.3 Å². The fourth-order valence-electron chi connectivity index (χ4n) is 3.32. The quantitative estimate of drug-likeness (QED) is 0.675. The molecule has 6 nitrogen and oxygen atoms in total. The Bertz CT molecular complexity index is 821. The summed E-state index contributed by atoms with van der Waals surface area (Å²) >= 11 is 0. The highest BCUT2D eigenvalue weighted by Crippen LogP contribution is 2.44. The summed E-state index contributed by atoms with van der Waals surface area (Å²) < 4.78 is 47.3. The number of nitrogens with one attached hydrogen (secondary N) is 2. The van der Waals surface area contributed by atoms with Crippen LogP contribution in [0.1, 0.15) is 54.7 Å². The number of alkyl halides is 3. The SMILES string of the molecule is CC(C)OCCCNC(=O)c1cnn2c1NC(c1ccccc1)CC2C(F)(F)F. The van der Waals surface area contributed by atoms with Gasteiger partial charge in [0.1, 0.15) is 11.4 Å². The number of ether oxygens (including phenoxy) is 1. The normalized spacial score (nSPS) is 19.0. The van der Waals surface area contributed by atoms with Crippen molar-refractivity contribution in [3.05, 3.63) is 47.7 Å². The van der Waals surface area contributed by atoms with Gasteiger partial charge in [-0.1, -0.05) is 30.3 Å². The summed E-state index contributed by atoms with van der Waals surface area (Å²) in [5, 5.41) is 9.67. The molecule has 1 aromatic carbocycles. The van der Waals surface area contributed by atoms with Gasteiger partial charge in [-0.3, -0.25) is 4.79 Å². The van der Waals surface area contributed by atoms with E-state index in [0.29, 0.717) is 19.6 Å². The van der Waals surface area contributed by atoms with Crippen LogP contribution in [0.2, 0.25) is 0 Å². The Labute approximate surface area is 167 Å². The average molecular weight is 410 g/mol. The zero-order chi connectivity index (χ0) is 21.0. The average Bonchev–Trinajstić information content (AvgIpc) is 3.10. The lowest BCUT2D eigenvalue weighted by Crippen LogP contribution is -2.36. The second-order valence-corrected chi connectivity index (χ2v) is 7.28. The summed E-state index contributed by atoms with van der Waals surface area (Å²) in [6, 6.07) is 6.52. The third-order valence-electron chi connectivity index (χ3n) is 4.74. The first-order valence-corrected chi connectivity index (χ1v) is 9.63. The maximum Gasteiger partial charge on any atom is 0.410 e. The van der Waals surface area contributed by atoms with E-state index in [4.69, 9.17) is 4.74 Å². The largest absolute Gasteiger partial charge is 0.410 e. The third-order valence-corrected chi connectivity index (χ3v) is 4.74. The van der Waals surface area contributed by atoms with Gasteiger partial charge < -0.3 is 15.4 Å². The van der Waals surface area contributed by atoms with Gasteiger partial charge in [-0.15, -0.1) is 0 Å². The van der Waals surface area contributed by atoms with Crippen LogP contribution in [0.4, 0.5) is 19.0 Å². The van der Waals surface area contributed by atoms with Crippen LogP contribution in [0.15, 0.2) is 36.5 Å². The van der Waals surface area contributed by atoms with Crippen molar-refractivity contribution in [2.45, 2.75) is 51.1 Å². The van der Waals surface area contributed by atoms with E-state index in [0.717, 1.165) is 10.2 Å². The minimum Gasteiger partial charge on any atom is -0.379 e. The summed E-state index contributed by atoms with van der Waals surface area (Å²) in [6.45, 7) is 4.70. The molecule has 0 saturated carbocycles.